The zero-order chi connectivity index (χ0) is 18.7. The second kappa shape index (κ2) is 6.12. The number of thiophene rings is 1. The average molecular weight is 385 g/mol. The first-order valence-electron chi connectivity index (χ1n) is 9.32. The number of rotatable bonds is 6. The highest BCUT2D eigenvalue weighted by Gasteiger charge is 2.66. The molecule has 27 heavy (non-hydrogen) atoms. The van der Waals surface area contributed by atoms with Crippen molar-refractivity contribution in [1.82, 2.24) is 4.90 Å². The number of ether oxygens (including phenoxy) is 1. The van der Waals surface area contributed by atoms with E-state index in [0.29, 0.717) is 16.7 Å². The number of Topliss-reactive ketones (excluding diaryl/α,β-unsaturated/α-hetero) is 1. The van der Waals surface area contributed by atoms with Gasteiger partial charge < -0.3 is 4.74 Å². The average Bonchev–Trinajstić information content (AvgIpc) is 3.25. The van der Waals surface area contributed by atoms with Gasteiger partial charge in [-0.15, -0.1) is 11.3 Å². The van der Waals surface area contributed by atoms with Gasteiger partial charge >= 0.3 is 5.97 Å². The summed E-state index contributed by atoms with van der Waals surface area (Å²) < 4.78 is 5.01. The molecule has 2 heterocycles. The van der Waals surface area contributed by atoms with Crippen LogP contribution < -0.4 is 0 Å². The molecule has 1 saturated heterocycles. The SMILES string of the molecule is O=C(CCN1C(=O)[C@@H]2[C@H]3C=C[C@@H]([C@@H]4C[C@H]34)[C@@H]2C1=O)OCC(=O)c1cccs1. The molecule has 2 amide bonds. The Kier molecular flexibility index (Phi) is 3.82. The summed E-state index contributed by atoms with van der Waals surface area (Å²) in [4.78, 5) is 51.2. The lowest BCUT2D eigenvalue weighted by Crippen LogP contribution is -2.40. The predicted octanol–water partition coefficient (Wildman–Crippen LogP) is 1.92. The third-order valence-corrected chi connectivity index (χ3v) is 7.36. The predicted molar refractivity (Wildman–Crippen MR) is 95.6 cm³/mol. The van der Waals surface area contributed by atoms with E-state index in [1.807, 2.05) is 0 Å². The van der Waals surface area contributed by atoms with Crippen LogP contribution in [0.3, 0.4) is 0 Å². The maximum absolute atomic E-state index is 12.8. The van der Waals surface area contributed by atoms with Crippen molar-refractivity contribution in [1.29, 1.82) is 0 Å². The van der Waals surface area contributed by atoms with Gasteiger partial charge in [0, 0.05) is 6.54 Å². The molecule has 0 aromatic carbocycles. The van der Waals surface area contributed by atoms with Gasteiger partial charge in [-0.05, 0) is 41.5 Å². The molecule has 140 valence electrons. The van der Waals surface area contributed by atoms with Crippen LogP contribution in [-0.4, -0.2) is 41.6 Å². The van der Waals surface area contributed by atoms with E-state index in [0.717, 1.165) is 6.42 Å². The highest BCUT2D eigenvalue weighted by Crippen LogP contribution is 2.65. The van der Waals surface area contributed by atoms with Crippen LogP contribution in [-0.2, 0) is 19.1 Å². The number of likely N-dealkylation sites (tertiary alicyclic amines) is 1. The zero-order valence-corrected chi connectivity index (χ0v) is 15.4. The van der Waals surface area contributed by atoms with Crippen LogP contribution in [0.15, 0.2) is 29.7 Å². The Bertz CT molecular complexity index is 824. The van der Waals surface area contributed by atoms with Gasteiger partial charge in [0.1, 0.15) is 0 Å². The molecule has 3 fully saturated rings. The van der Waals surface area contributed by atoms with Crippen molar-refractivity contribution in [2.45, 2.75) is 12.8 Å². The number of hydrogen-bond donors (Lipinski definition) is 0. The number of amides is 2. The van der Waals surface area contributed by atoms with Crippen molar-refractivity contribution in [3.63, 3.8) is 0 Å². The molecule has 1 aliphatic heterocycles. The Morgan fingerprint density at radius 2 is 1.78 bits per heavy atom. The summed E-state index contributed by atoms with van der Waals surface area (Å²) in [6.45, 7) is -0.282. The van der Waals surface area contributed by atoms with Gasteiger partial charge in [0.15, 0.2) is 6.61 Å². The minimum absolute atomic E-state index is 0.0332. The fourth-order valence-corrected chi connectivity index (χ4v) is 5.82. The van der Waals surface area contributed by atoms with Crippen LogP contribution in [0.5, 0.6) is 0 Å². The first kappa shape index (κ1) is 16.9. The Hall–Kier alpha value is -2.28. The summed E-state index contributed by atoms with van der Waals surface area (Å²) in [6, 6.07) is 3.44. The van der Waals surface area contributed by atoms with Crippen LogP contribution in [0.2, 0.25) is 0 Å². The standard InChI is InChI=1S/C20H19NO5S/c22-14(15-2-1-7-27-15)9-26-16(23)5-6-21-19(24)17-10-3-4-11(13-8-12(10)13)18(17)20(21)25/h1-4,7,10-13,17-18H,5-6,8-9H2/t10-,11-,12-,13+,17-,18+/m0/s1. The molecule has 6 rings (SSSR count). The van der Waals surface area contributed by atoms with E-state index in [1.165, 1.54) is 16.2 Å². The normalized spacial score (nSPS) is 35.2. The first-order chi connectivity index (χ1) is 13.1. The highest BCUT2D eigenvalue weighted by molar-refractivity contribution is 7.12. The van der Waals surface area contributed by atoms with Gasteiger partial charge in [-0.3, -0.25) is 24.1 Å². The third-order valence-electron chi connectivity index (χ3n) is 6.45. The molecule has 6 atom stereocenters. The number of allylic oxidation sites excluding steroid dienone is 2. The molecule has 7 heteroatoms. The Balaban J connectivity index is 1.17. The van der Waals surface area contributed by atoms with E-state index in [4.69, 9.17) is 4.74 Å². The number of carbonyl (C=O) groups is 4. The number of esters is 1. The van der Waals surface area contributed by atoms with Crippen LogP contribution in [0, 0.1) is 35.5 Å². The van der Waals surface area contributed by atoms with Crippen molar-refractivity contribution in [3.8, 4) is 0 Å². The van der Waals surface area contributed by atoms with E-state index in [1.54, 1.807) is 17.5 Å². The molecule has 2 bridgehead atoms. The summed E-state index contributed by atoms with van der Waals surface area (Å²) >= 11 is 1.29. The van der Waals surface area contributed by atoms with Gasteiger partial charge in [-0.25, -0.2) is 0 Å². The van der Waals surface area contributed by atoms with Crippen molar-refractivity contribution in [2.75, 3.05) is 13.2 Å². The summed E-state index contributed by atoms with van der Waals surface area (Å²) in [5.74, 6) is -0.102. The Morgan fingerprint density at radius 1 is 1.11 bits per heavy atom. The molecule has 1 aromatic rings. The number of ketones is 1. The molecular formula is C20H19NO5S. The van der Waals surface area contributed by atoms with Gasteiger partial charge in [0.2, 0.25) is 17.6 Å². The van der Waals surface area contributed by atoms with Crippen molar-refractivity contribution in [2.24, 2.45) is 35.5 Å². The van der Waals surface area contributed by atoms with Crippen LogP contribution in [0.1, 0.15) is 22.5 Å². The van der Waals surface area contributed by atoms with E-state index >= 15 is 0 Å². The smallest absolute Gasteiger partial charge is 0.308 e. The third kappa shape index (κ3) is 2.59. The van der Waals surface area contributed by atoms with Gasteiger partial charge in [0.25, 0.3) is 0 Å². The van der Waals surface area contributed by atoms with Crippen LogP contribution in [0.25, 0.3) is 0 Å². The summed E-state index contributed by atoms with van der Waals surface area (Å²) in [6.07, 6.45) is 5.29. The second-order valence-corrected chi connectivity index (χ2v) is 8.74. The van der Waals surface area contributed by atoms with Gasteiger partial charge in [0.05, 0.1) is 23.1 Å². The fraction of sp³-hybridized carbons (Fsp3) is 0.500. The lowest BCUT2D eigenvalue weighted by molar-refractivity contribution is -0.145. The molecule has 0 radical (unpaired) electrons. The monoisotopic (exact) mass is 385 g/mol. The second-order valence-electron chi connectivity index (χ2n) is 7.79. The quantitative estimate of drug-likeness (QED) is 0.323. The number of nitrogens with zero attached hydrogens (tertiary/aromatic N) is 1. The molecule has 1 aromatic heterocycles. The van der Waals surface area contributed by atoms with Crippen molar-refractivity contribution >= 4 is 34.9 Å². The number of imide groups is 1. The largest absolute Gasteiger partial charge is 0.457 e. The van der Waals surface area contributed by atoms with Crippen molar-refractivity contribution < 1.29 is 23.9 Å². The van der Waals surface area contributed by atoms with Crippen LogP contribution in [0.4, 0.5) is 0 Å². The Labute approximate surface area is 160 Å². The minimum atomic E-state index is -0.570. The maximum atomic E-state index is 12.8. The maximum Gasteiger partial charge on any atom is 0.308 e. The lowest BCUT2D eigenvalue weighted by Gasteiger charge is -2.37. The molecule has 2 saturated carbocycles. The van der Waals surface area contributed by atoms with E-state index in [-0.39, 0.29) is 60.8 Å². The molecular weight excluding hydrogens is 366 g/mol. The molecule has 0 unspecified atom stereocenters. The van der Waals surface area contributed by atoms with E-state index in [2.05, 4.69) is 12.2 Å². The minimum Gasteiger partial charge on any atom is -0.457 e. The zero-order valence-electron chi connectivity index (χ0n) is 14.6. The molecule has 0 spiro atoms. The van der Waals surface area contributed by atoms with E-state index in [9.17, 15) is 19.2 Å². The summed E-state index contributed by atoms with van der Waals surface area (Å²) in [5.41, 5.74) is 0. The molecule has 5 aliphatic rings. The molecule has 4 aliphatic carbocycles. The van der Waals surface area contributed by atoms with E-state index < -0.39 is 5.97 Å². The number of carbonyl (C=O) groups excluding carboxylic acids is 4. The summed E-state index contributed by atoms with van der Waals surface area (Å²) in [7, 11) is 0. The van der Waals surface area contributed by atoms with Crippen LogP contribution >= 0.6 is 11.3 Å². The highest BCUT2D eigenvalue weighted by atomic mass is 32.1. The van der Waals surface area contributed by atoms with Gasteiger partial charge in [-0.2, -0.15) is 0 Å². The fourth-order valence-electron chi connectivity index (χ4n) is 5.17. The molecule has 6 nitrogen and oxygen atoms in total. The van der Waals surface area contributed by atoms with Crippen molar-refractivity contribution in [3.05, 3.63) is 34.5 Å². The topological polar surface area (TPSA) is 80.8 Å². The van der Waals surface area contributed by atoms with Gasteiger partial charge in [-0.1, -0.05) is 18.2 Å². The number of hydrogen-bond acceptors (Lipinski definition) is 6. The lowest BCUT2D eigenvalue weighted by atomic mass is 9.63. The first-order valence-corrected chi connectivity index (χ1v) is 10.2. The molecule has 0 N–H and O–H groups in total. The summed E-state index contributed by atoms with van der Waals surface area (Å²) in [5, 5.41) is 1.78. The Morgan fingerprint density at radius 3 is 2.37 bits per heavy atom.